The van der Waals surface area contributed by atoms with Crippen molar-refractivity contribution in [3.05, 3.63) is 62.2 Å². The number of aryl methyl sites for hydroxylation is 1. The van der Waals surface area contributed by atoms with Crippen molar-refractivity contribution in [3.8, 4) is 0 Å². The standard InChI is InChI=1S/C14H14BrN3O3/c1-9-3-2-4-10(5-9)13(19)8-17-14-12(15)6-11(7-16-14)18(20)21/h2-7,13,19H,8H2,1H3,(H,16,17). The Kier molecular flexibility index (Phi) is 4.87. The number of aromatic nitrogens is 1. The second-order valence-electron chi connectivity index (χ2n) is 4.59. The van der Waals surface area contributed by atoms with Crippen LogP contribution in [-0.2, 0) is 0 Å². The van der Waals surface area contributed by atoms with Crippen molar-refractivity contribution in [1.29, 1.82) is 0 Å². The molecule has 1 unspecified atom stereocenters. The SMILES string of the molecule is Cc1cccc(C(O)CNc2ncc([N+](=O)[O-])cc2Br)c1. The van der Waals surface area contributed by atoms with Gasteiger partial charge in [0, 0.05) is 12.6 Å². The summed E-state index contributed by atoms with van der Waals surface area (Å²) in [6.45, 7) is 2.21. The average molecular weight is 352 g/mol. The molecule has 6 nitrogen and oxygen atoms in total. The van der Waals surface area contributed by atoms with Crippen LogP contribution in [0.4, 0.5) is 11.5 Å². The topological polar surface area (TPSA) is 88.3 Å². The summed E-state index contributed by atoms with van der Waals surface area (Å²) in [7, 11) is 0. The Balaban J connectivity index is 2.04. The Bertz CT molecular complexity index is 664. The Morgan fingerprint density at radius 2 is 2.24 bits per heavy atom. The highest BCUT2D eigenvalue weighted by Crippen LogP contribution is 2.25. The molecule has 0 fully saturated rings. The van der Waals surface area contributed by atoms with Crippen LogP contribution >= 0.6 is 15.9 Å². The minimum atomic E-state index is -0.686. The number of nitrogens with one attached hydrogen (secondary N) is 1. The molecule has 2 N–H and O–H groups in total. The van der Waals surface area contributed by atoms with Gasteiger partial charge in [0.05, 0.1) is 15.5 Å². The molecule has 2 aromatic rings. The number of hydrogen-bond donors (Lipinski definition) is 2. The van der Waals surface area contributed by atoms with Gasteiger partial charge in [0.15, 0.2) is 0 Å². The second kappa shape index (κ2) is 6.64. The first-order chi connectivity index (χ1) is 9.97. The van der Waals surface area contributed by atoms with Gasteiger partial charge in [0.25, 0.3) is 5.69 Å². The fourth-order valence-corrected chi connectivity index (χ4v) is 2.32. The van der Waals surface area contributed by atoms with E-state index < -0.39 is 11.0 Å². The van der Waals surface area contributed by atoms with E-state index in [0.717, 1.165) is 11.1 Å². The quantitative estimate of drug-likeness (QED) is 0.637. The van der Waals surface area contributed by atoms with Crippen LogP contribution < -0.4 is 5.32 Å². The molecule has 0 bridgehead atoms. The number of pyridine rings is 1. The van der Waals surface area contributed by atoms with Crippen molar-refractivity contribution < 1.29 is 10.0 Å². The van der Waals surface area contributed by atoms with E-state index in [9.17, 15) is 15.2 Å². The van der Waals surface area contributed by atoms with E-state index in [2.05, 4.69) is 26.2 Å². The van der Waals surface area contributed by atoms with E-state index in [1.807, 2.05) is 31.2 Å². The number of anilines is 1. The summed E-state index contributed by atoms with van der Waals surface area (Å²) in [6.07, 6.45) is 0.486. The van der Waals surface area contributed by atoms with Crippen LogP contribution in [0, 0.1) is 17.0 Å². The summed E-state index contributed by atoms with van der Waals surface area (Å²) in [5.41, 5.74) is 1.79. The summed E-state index contributed by atoms with van der Waals surface area (Å²) < 4.78 is 0.480. The lowest BCUT2D eigenvalue weighted by atomic mass is 10.1. The molecule has 1 aromatic carbocycles. The van der Waals surface area contributed by atoms with Gasteiger partial charge < -0.3 is 10.4 Å². The van der Waals surface area contributed by atoms with E-state index in [1.165, 1.54) is 12.3 Å². The van der Waals surface area contributed by atoms with E-state index in [4.69, 9.17) is 0 Å². The highest BCUT2D eigenvalue weighted by Gasteiger charge is 2.12. The molecule has 2 rings (SSSR count). The van der Waals surface area contributed by atoms with Gasteiger partial charge >= 0.3 is 0 Å². The van der Waals surface area contributed by atoms with Crippen LogP contribution in [0.3, 0.4) is 0 Å². The molecule has 1 atom stereocenters. The zero-order valence-corrected chi connectivity index (χ0v) is 12.9. The van der Waals surface area contributed by atoms with E-state index in [1.54, 1.807) is 0 Å². The zero-order chi connectivity index (χ0) is 15.4. The number of nitrogens with zero attached hydrogens (tertiary/aromatic N) is 2. The number of rotatable bonds is 5. The van der Waals surface area contributed by atoms with E-state index in [0.29, 0.717) is 10.3 Å². The van der Waals surface area contributed by atoms with Crippen molar-refractivity contribution in [2.45, 2.75) is 13.0 Å². The predicted octanol–water partition coefficient (Wildman–Crippen LogP) is 3.21. The fraction of sp³-hybridized carbons (Fsp3) is 0.214. The molecule has 1 aromatic heterocycles. The van der Waals surface area contributed by atoms with Crippen LogP contribution in [0.25, 0.3) is 0 Å². The number of aliphatic hydroxyl groups excluding tert-OH is 1. The van der Waals surface area contributed by atoms with Gasteiger partial charge in [-0.1, -0.05) is 29.8 Å². The predicted molar refractivity (Wildman–Crippen MR) is 83.2 cm³/mol. The van der Waals surface area contributed by atoms with E-state index in [-0.39, 0.29) is 12.2 Å². The minimum Gasteiger partial charge on any atom is -0.387 e. The number of nitro groups is 1. The number of benzene rings is 1. The molecule has 0 radical (unpaired) electrons. The smallest absolute Gasteiger partial charge is 0.288 e. The summed E-state index contributed by atoms with van der Waals surface area (Å²) in [5, 5.41) is 23.7. The van der Waals surface area contributed by atoms with Gasteiger partial charge in [0.1, 0.15) is 12.0 Å². The van der Waals surface area contributed by atoms with Crippen LogP contribution in [0.5, 0.6) is 0 Å². The second-order valence-corrected chi connectivity index (χ2v) is 5.45. The lowest BCUT2D eigenvalue weighted by Crippen LogP contribution is -2.13. The van der Waals surface area contributed by atoms with E-state index >= 15 is 0 Å². The van der Waals surface area contributed by atoms with Crippen LogP contribution in [0.15, 0.2) is 41.0 Å². The molecule has 21 heavy (non-hydrogen) atoms. The lowest BCUT2D eigenvalue weighted by molar-refractivity contribution is -0.385. The third kappa shape index (κ3) is 3.99. The molecule has 0 aliphatic rings. The van der Waals surface area contributed by atoms with Crippen molar-refractivity contribution in [2.75, 3.05) is 11.9 Å². The summed E-state index contributed by atoms with van der Waals surface area (Å²) in [5.74, 6) is 0.451. The van der Waals surface area contributed by atoms with Gasteiger partial charge in [0.2, 0.25) is 0 Å². The van der Waals surface area contributed by atoms with Crippen molar-refractivity contribution in [2.24, 2.45) is 0 Å². The fourth-order valence-electron chi connectivity index (χ4n) is 1.85. The highest BCUT2D eigenvalue weighted by molar-refractivity contribution is 9.10. The Labute approximate surface area is 130 Å². The third-order valence-electron chi connectivity index (χ3n) is 2.93. The third-order valence-corrected chi connectivity index (χ3v) is 3.53. The molecule has 0 saturated heterocycles. The lowest BCUT2D eigenvalue weighted by Gasteiger charge is -2.14. The summed E-state index contributed by atoms with van der Waals surface area (Å²) in [6, 6.07) is 8.96. The number of halogens is 1. The molecule has 7 heteroatoms. The summed E-state index contributed by atoms with van der Waals surface area (Å²) in [4.78, 5) is 14.1. The molecule has 0 aliphatic heterocycles. The monoisotopic (exact) mass is 351 g/mol. The number of hydrogen-bond acceptors (Lipinski definition) is 5. The molecule has 110 valence electrons. The molecule has 1 heterocycles. The highest BCUT2D eigenvalue weighted by atomic mass is 79.9. The average Bonchev–Trinajstić information content (AvgIpc) is 2.45. The maximum Gasteiger partial charge on any atom is 0.288 e. The first kappa shape index (κ1) is 15.4. The molecule has 0 spiro atoms. The first-order valence-electron chi connectivity index (χ1n) is 6.26. The van der Waals surface area contributed by atoms with Crippen molar-refractivity contribution in [3.63, 3.8) is 0 Å². The Morgan fingerprint density at radius 1 is 1.48 bits per heavy atom. The molecule has 0 aliphatic carbocycles. The van der Waals surface area contributed by atoms with Gasteiger partial charge in [-0.3, -0.25) is 10.1 Å². The van der Waals surface area contributed by atoms with Crippen molar-refractivity contribution >= 4 is 27.4 Å². The Hall–Kier alpha value is -1.99. The Morgan fingerprint density at radius 3 is 2.86 bits per heavy atom. The van der Waals surface area contributed by atoms with Crippen LogP contribution in [-0.4, -0.2) is 21.6 Å². The van der Waals surface area contributed by atoms with Crippen LogP contribution in [0.1, 0.15) is 17.2 Å². The molecular weight excluding hydrogens is 338 g/mol. The largest absolute Gasteiger partial charge is 0.387 e. The minimum absolute atomic E-state index is 0.0911. The number of aliphatic hydroxyl groups is 1. The van der Waals surface area contributed by atoms with Gasteiger partial charge in [-0.2, -0.15) is 0 Å². The normalized spacial score (nSPS) is 12.0. The van der Waals surface area contributed by atoms with Crippen LogP contribution in [0.2, 0.25) is 0 Å². The van der Waals surface area contributed by atoms with Gasteiger partial charge in [-0.05, 0) is 28.4 Å². The van der Waals surface area contributed by atoms with Crippen molar-refractivity contribution in [1.82, 2.24) is 4.98 Å². The van der Waals surface area contributed by atoms with Gasteiger partial charge in [-0.25, -0.2) is 4.98 Å². The zero-order valence-electron chi connectivity index (χ0n) is 11.3. The first-order valence-corrected chi connectivity index (χ1v) is 7.05. The maximum atomic E-state index is 10.6. The molecule has 0 saturated carbocycles. The van der Waals surface area contributed by atoms with Gasteiger partial charge in [-0.15, -0.1) is 0 Å². The summed E-state index contributed by atoms with van der Waals surface area (Å²) >= 11 is 3.22. The molecule has 0 amide bonds. The maximum absolute atomic E-state index is 10.6. The molecular formula is C14H14BrN3O3.